The number of hydrogen-bond donors (Lipinski definition) is 1. The van der Waals surface area contributed by atoms with Crippen molar-refractivity contribution in [1.29, 1.82) is 0 Å². The summed E-state index contributed by atoms with van der Waals surface area (Å²) in [5, 5.41) is 11.6. The van der Waals surface area contributed by atoms with Crippen molar-refractivity contribution in [2.45, 2.75) is 26.4 Å². The van der Waals surface area contributed by atoms with Crippen molar-refractivity contribution in [2.24, 2.45) is 5.41 Å². The highest BCUT2D eigenvalue weighted by atomic mass is 16.5. The van der Waals surface area contributed by atoms with Crippen LogP contribution in [0.1, 0.15) is 43.0 Å². The topological polar surface area (TPSA) is 29.5 Å². The van der Waals surface area contributed by atoms with Crippen LogP contribution in [0.5, 0.6) is 5.75 Å². The molecule has 0 heterocycles. The van der Waals surface area contributed by atoms with Crippen LogP contribution < -0.4 is 4.74 Å². The van der Waals surface area contributed by atoms with Crippen LogP contribution in [0.2, 0.25) is 0 Å². The predicted octanol–water partition coefficient (Wildman–Crippen LogP) is 5.38. The third-order valence-electron chi connectivity index (χ3n) is 5.01. The Balaban J connectivity index is 2.02. The third-order valence-corrected chi connectivity index (χ3v) is 5.01. The van der Waals surface area contributed by atoms with E-state index in [2.05, 4.69) is 23.7 Å². The van der Waals surface area contributed by atoms with E-state index in [1.807, 2.05) is 99.6 Å². The molecular formula is C28H26O2. The third kappa shape index (κ3) is 4.74. The standard InChI is InChI=1S/C28H26O2/c1-27(2,3)28(29,25-16-18-26(30-4)19-17-25)21-20-24-13-9-8-12-23(24)15-14-22-10-6-5-7-11-22/h5-13,16-19,29H,1-4H3. The molecule has 0 aromatic heterocycles. The minimum Gasteiger partial charge on any atom is -0.497 e. The number of methoxy groups -OCH3 is 1. The van der Waals surface area contributed by atoms with Gasteiger partial charge in [0.1, 0.15) is 5.75 Å². The van der Waals surface area contributed by atoms with Crippen molar-refractivity contribution < 1.29 is 9.84 Å². The van der Waals surface area contributed by atoms with Crippen LogP contribution in [0.4, 0.5) is 0 Å². The summed E-state index contributed by atoms with van der Waals surface area (Å²) >= 11 is 0. The van der Waals surface area contributed by atoms with Gasteiger partial charge in [-0.05, 0) is 42.0 Å². The molecule has 1 N–H and O–H groups in total. The van der Waals surface area contributed by atoms with Crippen molar-refractivity contribution in [3.8, 4) is 29.4 Å². The molecule has 0 saturated heterocycles. The van der Waals surface area contributed by atoms with Crippen molar-refractivity contribution in [2.75, 3.05) is 7.11 Å². The second kappa shape index (κ2) is 8.91. The zero-order chi connectivity index (χ0) is 21.6. The van der Waals surface area contributed by atoms with Crippen molar-refractivity contribution in [3.05, 3.63) is 101 Å². The van der Waals surface area contributed by atoms with Crippen LogP contribution in [-0.2, 0) is 5.60 Å². The maximum Gasteiger partial charge on any atom is 0.156 e. The van der Waals surface area contributed by atoms with Crippen molar-refractivity contribution >= 4 is 0 Å². The van der Waals surface area contributed by atoms with Gasteiger partial charge >= 0.3 is 0 Å². The molecule has 0 aliphatic carbocycles. The first-order chi connectivity index (χ1) is 14.3. The van der Waals surface area contributed by atoms with Gasteiger partial charge in [-0.3, -0.25) is 0 Å². The van der Waals surface area contributed by atoms with Gasteiger partial charge in [0.2, 0.25) is 0 Å². The lowest BCUT2D eigenvalue weighted by molar-refractivity contribution is -0.00903. The highest BCUT2D eigenvalue weighted by Crippen LogP contribution is 2.39. The SMILES string of the molecule is COc1ccc(C(O)(C#Cc2ccccc2C#Cc2ccccc2)C(C)(C)C)cc1. The Morgan fingerprint density at radius 2 is 1.27 bits per heavy atom. The maximum atomic E-state index is 11.6. The van der Waals surface area contributed by atoms with E-state index >= 15 is 0 Å². The molecule has 3 aromatic carbocycles. The molecule has 0 radical (unpaired) electrons. The van der Waals surface area contributed by atoms with Crippen LogP contribution in [0.25, 0.3) is 0 Å². The summed E-state index contributed by atoms with van der Waals surface area (Å²) in [7, 11) is 1.62. The molecule has 0 fully saturated rings. The maximum absolute atomic E-state index is 11.6. The monoisotopic (exact) mass is 394 g/mol. The fourth-order valence-electron chi connectivity index (χ4n) is 3.04. The van der Waals surface area contributed by atoms with E-state index in [0.29, 0.717) is 0 Å². The molecule has 0 saturated carbocycles. The minimum absolute atomic E-state index is 0.501. The van der Waals surface area contributed by atoms with Gasteiger partial charge in [0.25, 0.3) is 0 Å². The van der Waals surface area contributed by atoms with Gasteiger partial charge in [0.15, 0.2) is 5.60 Å². The molecule has 0 aliphatic heterocycles. The highest BCUT2D eigenvalue weighted by Gasteiger charge is 2.40. The smallest absolute Gasteiger partial charge is 0.156 e. The molecule has 30 heavy (non-hydrogen) atoms. The second-order valence-corrected chi connectivity index (χ2v) is 8.10. The van der Waals surface area contributed by atoms with E-state index in [1.54, 1.807) is 7.11 Å². The fourth-order valence-corrected chi connectivity index (χ4v) is 3.04. The second-order valence-electron chi connectivity index (χ2n) is 8.10. The van der Waals surface area contributed by atoms with Gasteiger partial charge < -0.3 is 9.84 Å². The summed E-state index contributed by atoms with van der Waals surface area (Å²) in [6, 6.07) is 25.0. The summed E-state index contributed by atoms with van der Waals surface area (Å²) in [6.45, 7) is 5.94. The number of rotatable bonds is 2. The molecule has 0 spiro atoms. The average molecular weight is 395 g/mol. The summed E-state index contributed by atoms with van der Waals surface area (Å²) in [5.74, 6) is 13.5. The number of hydrogen-bond acceptors (Lipinski definition) is 2. The van der Waals surface area contributed by atoms with Crippen LogP contribution >= 0.6 is 0 Å². The van der Waals surface area contributed by atoms with Crippen molar-refractivity contribution in [3.63, 3.8) is 0 Å². The zero-order valence-electron chi connectivity index (χ0n) is 17.9. The Bertz CT molecular complexity index is 1110. The Hall–Kier alpha value is -3.46. The minimum atomic E-state index is -1.33. The van der Waals surface area contributed by atoms with Crippen LogP contribution in [0.15, 0.2) is 78.9 Å². The zero-order valence-corrected chi connectivity index (χ0v) is 17.9. The quantitative estimate of drug-likeness (QED) is 0.591. The van der Waals surface area contributed by atoms with E-state index in [1.165, 1.54) is 0 Å². The molecule has 3 rings (SSSR count). The molecule has 1 unspecified atom stereocenters. The van der Waals surface area contributed by atoms with E-state index < -0.39 is 11.0 Å². The van der Waals surface area contributed by atoms with E-state index in [-0.39, 0.29) is 0 Å². The first kappa shape index (κ1) is 21.3. The van der Waals surface area contributed by atoms with Crippen LogP contribution in [-0.4, -0.2) is 12.2 Å². The first-order valence-electron chi connectivity index (χ1n) is 9.90. The summed E-state index contributed by atoms with van der Waals surface area (Å²) in [4.78, 5) is 0. The first-order valence-corrected chi connectivity index (χ1v) is 9.90. The molecule has 0 bridgehead atoms. The molecule has 2 heteroatoms. The largest absolute Gasteiger partial charge is 0.497 e. The van der Waals surface area contributed by atoms with Gasteiger partial charge in [-0.2, -0.15) is 0 Å². The molecule has 0 aliphatic rings. The van der Waals surface area contributed by atoms with E-state index in [4.69, 9.17) is 4.74 Å². The summed E-state index contributed by atoms with van der Waals surface area (Å²) in [6.07, 6.45) is 0. The van der Waals surface area contributed by atoms with Crippen molar-refractivity contribution in [1.82, 2.24) is 0 Å². The lowest BCUT2D eigenvalue weighted by atomic mass is 9.72. The van der Waals surface area contributed by atoms with Gasteiger partial charge in [0, 0.05) is 22.1 Å². The summed E-state index contributed by atoms with van der Waals surface area (Å²) < 4.78 is 5.24. The average Bonchev–Trinajstić information content (AvgIpc) is 2.76. The molecule has 150 valence electrons. The molecule has 0 amide bonds. The molecule has 2 nitrogen and oxygen atoms in total. The molecule has 3 aromatic rings. The van der Waals surface area contributed by atoms with E-state index in [0.717, 1.165) is 28.0 Å². The normalized spacial score (nSPS) is 12.6. The lowest BCUT2D eigenvalue weighted by Crippen LogP contribution is -2.38. The predicted molar refractivity (Wildman–Crippen MR) is 122 cm³/mol. The van der Waals surface area contributed by atoms with Gasteiger partial charge in [-0.1, -0.05) is 86.9 Å². The van der Waals surface area contributed by atoms with Gasteiger partial charge in [-0.15, -0.1) is 0 Å². The molecule has 1 atom stereocenters. The van der Waals surface area contributed by atoms with E-state index in [9.17, 15) is 5.11 Å². The number of benzene rings is 3. The fraction of sp³-hybridized carbons (Fsp3) is 0.214. The Labute approximate surface area is 179 Å². The van der Waals surface area contributed by atoms with Crippen LogP contribution in [0.3, 0.4) is 0 Å². The molecular weight excluding hydrogens is 368 g/mol. The van der Waals surface area contributed by atoms with Crippen LogP contribution in [0, 0.1) is 29.1 Å². The lowest BCUT2D eigenvalue weighted by Gasteiger charge is -2.36. The number of aliphatic hydroxyl groups is 1. The Kier molecular flexibility index (Phi) is 6.31. The van der Waals surface area contributed by atoms with Gasteiger partial charge in [-0.25, -0.2) is 0 Å². The number of ether oxygens (including phenoxy) is 1. The Morgan fingerprint density at radius 1 is 0.700 bits per heavy atom. The van der Waals surface area contributed by atoms with Gasteiger partial charge in [0.05, 0.1) is 7.11 Å². The highest BCUT2D eigenvalue weighted by molar-refractivity contribution is 5.53. The summed E-state index contributed by atoms with van der Waals surface area (Å²) in [5.41, 5.74) is 1.47. The Morgan fingerprint density at radius 3 is 1.83 bits per heavy atom.